The summed E-state index contributed by atoms with van der Waals surface area (Å²) in [6.45, 7) is 8.67. The Morgan fingerprint density at radius 2 is 1.85 bits per heavy atom. The number of ether oxygens (including phenoxy) is 5. The van der Waals surface area contributed by atoms with Crippen LogP contribution in [0.5, 0.6) is 0 Å². The number of carbonyl (C=O) groups is 4. The van der Waals surface area contributed by atoms with Gasteiger partial charge in [0.25, 0.3) is 0 Å². The zero-order chi connectivity index (χ0) is 28.8. The average molecular weight is 559 g/mol. The van der Waals surface area contributed by atoms with E-state index in [9.17, 15) is 29.4 Å². The molecule has 0 saturated carbocycles. The molecule has 2 N–H and O–H groups in total. The predicted octanol–water partition coefficient (Wildman–Crippen LogP) is 1.38. The smallest absolute Gasteiger partial charge is 0.339 e. The van der Waals surface area contributed by atoms with Crippen molar-refractivity contribution in [2.45, 2.75) is 107 Å². The lowest BCUT2D eigenvalue weighted by molar-refractivity contribution is -0.389. The van der Waals surface area contributed by atoms with Crippen molar-refractivity contribution >= 4 is 23.5 Å². The number of cyclic esters (lactones) is 1. The number of carbonyl (C=O) groups excluding carboxylic acids is 4. The van der Waals surface area contributed by atoms with Gasteiger partial charge in [0.1, 0.15) is 23.2 Å². The van der Waals surface area contributed by atoms with E-state index in [-0.39, 0.29) is 43.6 Å². The van der Waals surface area contributed by atoms with Gasteiger partial charge in [0.15, 0.2) is 0 Å². The van der Waals surface area contributed by atoms with Crippen LogP contribution in [0.3, 0.4) is 0 Å². The molecule has 7 aliphatic rings. The second-order valence-electron chi connectivity index (χ2n) is 13.6. The lowest BCUT2D eigenvalue weighted by Gasteiger charge is -2.52. The van der Waals surface area contributed by atoms with Crippen LogP contribution in [0.15, 0.2) is 23.5 Å². The van der Waals surface area contributed by atoms with Crippen molar-refractivity contribution in [2.75, 3.05) is 0 Å². The number of Topliss-reactive ketones (excluding diaryl/α,β-unsaturated/α-hetero) is 2. The highest BCUT2D eigenvalue weighted by molar-refractivity contribution is 5.96. The number of ketones is 2. The maximum Gasteiger partial charge on any atom is 0.339 e. The molecule has 10 atom stereocenters. The van der Waals surface area contributed by atoms with E-state index in [1.54, 1.807) is 32.9 Å². The molecule has 0 aromatic rings. The van der Waals surface area contributed by atoms with E-state index in [1.807, 2.05) is 13.8 Å². The molecule has 11 heteroatoms. The van der Waals surface area contributed by atoms with E-state index in [2.05, 4.69) is 0 Å². The lowest BCUT2D eigenvalue weighted by atomic mass is 9.63. The van der Waals surface area contributed by atoms with Crippen LogP contribution in [0.2, 0.25) is 0 Å². The van der Waals surface area contributed by atoms with Gasteiger partial charge in [-0.1, -0.05) is 13.8 Å². The molecule has 7 heterocycles. The summed E-state index contributed by atoms with van der Waals surface area (Å²) in [4.78, 5) is 52.3. The molecule has 0 aromatic carbocycles. The van der Waals surface area contributed by atoms with Gasteiger partial charge in [0, 0.05) is 29.2 Å². The van der Waals surface area contributed by atoms with E-state index < -0.39 is 81.5 Å². The van der Waals surface area contributed by atoms with Crippen LogP contribution in [-0.4, -0.2) is 74.3 Å². The number of rotatable bonds is 3. The second-order valence-corrected chi connectivity index (χ2v) is 13.6. The van der Waals surface area contributed by atoms with Gasteiger partial charge < -0.3 is 33.9 Å². The number of esters is 2. The highest BCUT2D eigenvalue weighted by Gasteiger charge is 2.91. The Bertz CT molecular complexity index is 1350. The number of hydrogen-bond acceptors (Lipinski definition) is 11. The Labute approximate surface area is 230 Å². The standard InChI is InChI=1S/C29H34O11/c1-13(8-15-9-14(2)23(33)36-15)21(31)25(5)6-7-26-20(22(32)27(34,12-25)40-26)16-10-17-24(3,4)38-18-11-19(30)39-28(17,18)29(26,35)37-16/h8-9,13,16-18,20,34-35H,6-7,10-12H2,1-5H3/b15-8+/t13-,16+,17+,18-,20+,25+,26-,27+,28-,29+/m1/s1. The normalized spacial score (nSPS) is 51.5. The van der Waals surface area contributed by atoms with Gasteiger partial charge >= 0.3 is 11.9 Å². The highest BCUT2D eigenvalue weighted by Crippen LogP contribution is 2.72. The molecule has 40 heavy (non-hydrogen) atoms. The molecule has 2 spiro atoms. The highest BCUT2D eigenvalue weighted by atomic mass is 16.7. The van der Waals surface area contributed by atoms with Crippen LogP contribution < -0.4 is 0 Å². The third-order valence-electron chi connectivity index (χ3n) is 10.7. The Hall–Kier alpha value is -2.44. The zero-order valence-electron chi connectivity index (χ0n) is 23.1. The third-order valence-corrected chi connectivity index (χ3v) is 10.7. The van der Waals surface area contributed by atoms with Crippen molar-refractivity contribution in [3.05, 3.63) is 23.5 Å². The van der Waals surface area contributed by atoms with Crippen molar-refractivity contribution in [3.63, 3.8) is 0 Å². The fourth-order valence-electron chi connectivity index (χ4n) is 9.05. The minimum atomic E-state index is -2.36. The monoisotopic (exact) mass is 558 g/mol. The molecule has 0 aliphatic carbocycles. The summed E-state index contributed by atoms with van der Waals surface area (Å²) in [5.41, 5.74) is -5.00. The van der Waals surface area contributed by atoms with Crippen LogP contribution in [0.25, 0.3) is 0 Å². The number of allylic oxidation sites excluding steroid dienone is 2. The maximum absolute atomic E-state index is 14.0. The molecule has 0 aromatic heterocycles. The van der Waals surface area contributed by atoms with E-state index >= 15 is 0 Å². The largest absolute Gasteiger partial charge is 0.450 e. The Balaban J connectivity index is 1.28. The summed E-state index contributed by atoms with van der Waals surface area (Å²) in [6, 6.07) is 0. The molecule has 11 nitrogen and oxygen atoms in total. The van der Waals surface area contributed by atoms with Crippen LogP contribution in [0.1, 0.15) is 66.7 Å². The van der Waals surface area contributed by atoms with E-state index in [0.717, 1.165) is 0 Å². The molecule has 6 fully saturated rings. The zero-order valence-corrected chi connectivity index (χ0v) is 23.1. The first kappa shape index (κ1) is 26.5. The maximum atomic E-state index is 14.0. The number of aliphatic hydroxyl groups is 2. The summed E-state index contributed by atoms with van der Waals surface area (Å²) < 4.78 is 29.9. The molecule has 6 saturated heterocycles. The minimum Gasteiger partial charge on any atom is -0.450 e. The van der Waals surface area contributed by atoms with Crippen LogP contribution in [0, 0.1) is 23.2 Å². The fraction of sp³-hybridized carbons (Fsp3) is 0.724. The topological polar surface area (TPSA) is 155 Å². The summed E-state index contributed by atoms with van der Waals surface area (Å²) >= 11 is 0. The quantitative estimate of drug-likeness (QED) is 0.483. The summed E-state index contributed by atoms with van der Waals surface area (Å²) in [6.07, 6.45) is 1.49. The summed E-state index contributed by atoms with van der Waals surface area (Å²) in [5.74, 6) is -8.54. The third kappa shape index (κ3) is 2.87. The number of fused-ring (bicyclic) bond motifs is 4. The molecule has 0 radical (unpaired) electrons. The first-order valence-electron chi connectivity index (χ1n) is 14.0. The van der Waals surface area contributed by atoms with E-state index in [1.165, 1.54) is 0 Å². The second kappa shape index (κ2) is 7.49. The van der Waals surface area contributed by atoms with Crippen molar-refractivity contribution in [1.29, 1.82) is 0 Å². The summed E-state index contributed by atoms with van der Waals surface area (Å²) in [7, 11) is 0. The van der Waals surface area contributed by atoms with E-state index in [4.69, 9.17) is 23.7 Å². The van der Waals surface area contributed by atoms with Crippen LogP contribution in [-0.2, 0) is 42.9 Å². The van der Waals surface area contributed by atoms with Crippen molar-refractivity contribution in [3.8, 4) is 0 Å². The van der Waals surface area contributed by atoms with Gasteiger partial charge in [-0.15, -0.1) is 0 Å². The summed E-state index contributed by atoms with van der Waals surface area (Å²) in [5, 5.41) is 24.3. The van der Waals surface area contributed by atoms with Crippen LogP contribution in [0.4, 0.5) is 0 Å². The van der Waals surface area contributed by atoms with Gasteiger partial charge in [0.05, 0.1) is 24.0 Å². The Morgan fingerprint density at radius 3 is 2.52 bits per heavy atom. The molecule has 0 unspecified atom stereocenters. The van der Waals surface area contributed by atoms with Crippen LogP contribution >= 0.6 is 0 Å². The van der Waals surface area contributed by atoms with Gasteiger partial charge in [0.2, 0.25) is 23.0 Å². The van der Waals surface area contributed by atoms with E-state index in [0.29, 0.717) is 5.57 Å². The molecule has 7 rings (SSSR count). The molecule has 4 bridgehead atoms. The number of hydrogen-bond donors (Lipinski definition) is 2. The molecule has 7 aliphatic heterocycles. The molecular formula is C29H34O11. The average Bonchev–Trinajstić information content (AvgIpc) is 3.50. The van der Waals surface area contributed by atoms with Gasteiger partial charge in [-0.2, -0.15) is 0 Å². The van der Waals surface area contributed by atoms with Gasteiger partial charge in [-0.05, 0) is 52.2 Å². The minimum absolute atomic E-state index is 0.00257. The first-order chi connectivity index (χ1) is 18.5. The van der Waals surface area contributed by atoms with Gasteiger partial charge in [-0.25, -0.2) is 4.79 Å². The van der Waals surface area contributed by atoms with Crippen molar-refractivity contribution < 1.29 is 53.1 Å². The fourth-order valence-corrected chi connectivity index (χ4v) is 9.05. The lowest BCUT2D eigenvalue weighted by Crippen LogP contribution is -2.73. The SMILES string of the molecule is CC1=C/C(=C\[C@@H](C)C(=O)[C@@]2(C)CC[C@@]34O[C@@](O)(C2)C(=O)[C@@H]3[C@@H]2C[C@H]3C(C)(C)O[C@@H]5CC(=O)O[C@@]53[C@@]4(O)O2)OC1=O. The molecule has 216 valence electrons. The van der Waals surface area contributed by atoms with Crippen molar-refractivity contribution in [1.82, 2.24) is 0 Å². The van der Waals surface area contributed by atoms with Gasteiger partial charge in [-0.3, -0.25) is 14.4 Å². The Kier molecular flexibility index (Phi) is 4.95. The first-order valence-corrected chi connectivity index (χ1v) is 14.0. The molecular weight excluding hydrogens is 524 g/mol. The Morgan fingerprint density at radius 1 is 1.12 bits per heavy atom. The van der Waals surface area contributed by atoms with Crippen molar-refractivity contribution in [2.24, 2.45) is 23.2 Å². The predicted molar refractivity (Wildman–Crippen MR) is 132 cm³/mol. The molecule has 0 amide bonds.